The smallest absolute Gasteiger partial charge is 0.303 e. The molecule has 0 bridgehead atoms. The van der Waals surface area contributed by atoms with E-state index in [1.807, 2.05) is 0 Å². The third-order valence-electron chi connectivity index (χ3n) is 3.64. The molecule has 2 atom stereocenters. The van der Waals surface area contributed by atoms with Crippen LogP contribution < -0.4 is 0 Å². The van der Waals surface area contributed by atoms with E-state index in [-0.39, 0.29) is 18.2 Å². The Morgan fingerprint density at radius 2 is 2.06 bits per heavy atom. The largest absolute Gasteiger partial charge is 0.481 e. The summed E-state index contributed by atoms with van der Waals surface area (Å²) in [7, 11) is 1.78. The highest BCUT2D eigenvalue weighted by Crippen LogP contribution is 2.54. The molecule has 4 heteroatoms. The molecule has 1 amide bonds. The SMILES string of the molecule is CN(CCCC(=O)O)C(=O)C1CC1C1CC1. The molecule has 2 aliphatic carbocycles. The lowest BCUT2D eigenvalue weighted by Gasteiger charge is -2.16. The maximum absolute atomic E-state index is 11.9. The predicted octanol–water partition coefficient (Wildman–Crippen LogP) is 1.36. The van der Waals surface area contributed by atoms with Gasteiger partial charge in [-0.05, 0) is 37.5 Å². The lowest BCUT2D eigenvalue weighted by atomic mass is 10.2. The fraction of sp³-hybridized carbons (Fsp3) is 0.833. The van der Waals surface area contributed by atoms with Crippen LogP contribution in [0.1, 0.15) is 32.1 Å². The van der Waals surface area contributed by atoms with Crippen molar-refractivity contribution in [3.8, 4) is 0 Å². The highest BCUT2D eigenvalue weighted by atomic mass is 16.4. The van der Waals surface area contributed by atoms with E-state index in [4.69, 9.17) is 5.11 Å². The van der Waals surface area contributed by atoms with Crippen molar-refractivity contribution in [2.75, 3.05) is 13.6 Å². The van der Waals surface area contributed by atoms with Gasteiger partial charge >= 0.3 is 5.97 Å². The molecule has 0 saturated heterocycles. The van der Waals surface area contributed by atoms with Gasteiger partial charge < -0.3 is 10.0 Å². The van der Waals surface area contributed by atoms with E-state index in [0.717, 1.165) is 12.3 Å². The summed E-state index contributed by atoms with van der Waals surface area (Å²) in [5.41, 5.74) is 0. The molecule has 0 aromatic heterocycles. The molecule has 2 rings (SSSR count). The van der Waals surface area contributed by atoms with Crippen LogP contribution in [0.3, 0.4) is 0 Å². The quantitative estimate of drug-likeness (QED) is 0.742. The molecule has 90 valence electrons. The van der Waals surface area contributed by atoms with E-state index < -0.39 is 5.97 Å². The minimum atomic E-state index is -0.789. The van der Waals surface area contributed by atoms with Gasteiger partial charge in [-0.3, -0.25) is 9.59 Å². The first kappa shape index (κ1) is 11.4. The maximum atomic E-state index is 11.9. The van der Waals surface area contributed by atoms with E-state index in [2.05, 4.69) is 0 Å². The number of carboxylic acids is 1. The van der Waals surface area contributed by atoms with Crippen LogP contribution in [-0.2, 0) is 9.59 Å². The van der Waals surface area contributed by atoms with E-state index in [1.165, 1.54) is 12.8 Å². The van der Waals surface area contributed by atoms with E-state index >= 15 is 0 Å². The highest BCUT2D eigenvalue weighted by molar-refractivity contribution is 5.81. The Balaban J connectivity index is 1.66. The molecule has 2 saturated carbocycles. The lowest BCUT2D eigenvalue weighted by molar-refractivity contribution is -0.138. The van der Waals surface area contributed by atoms with E-state index in [0.29, 0.717) is 18.9 Å². The standard InChI is InChI=1S/C12H19NO3/c1-13(6-2-3-11(14)15)12(16)10-7-9(10)8-4-5-8/h8-10H,2-7H2,1H3,(H,14,15). The Morgan fingerprint density at radius 1 is 1.38 bits per heavy atom. The van der Waals surface area contributed by atoms with Crippen molar-refractivity contribution in [3.63, 3.8) is 0 Å². The maximum Gasteiger partial charge on any atom is 0.303 e. The lowest BCUT2D eigenvalue weighted by Crippen LogP contribution is -2.30. The summed E-state index contributed by atoms with van der Waals surface area (Å²) >= 11 is 0. The van der Waals surface area contributed by atoms with E-state index in [1.54, 1.807) is 11.9 Å². The molecule has 0 aromatic rings. The highest BCUT2D eigenvalue weighted by Gasteiger charge is 2.51. The molecule has 1 N–H and O–H groups in total. The third kappa shape index (κ3) is 2.74. The van der Waals surface area contributed by atoms with Crippen LogP contribution in [0.25, 0.3) is 0 Å². The van der Waals surface area contributed by atoms with Crippen molar-refractivity contribution in [1.82, 2.24) is 4.90 Å². The van der Waals surface area contributed by atoms with Crippen molar-refractivity contribution < 1.29 is 14.7 Å². The summed E-state index contributed by atoms with van der Waals surface area (Å²) in [6.07, 6.45) is 4.37. The van der Waals surface area contributed by atoms with Crippen molar-refractivity contribution in [3.05, 3.63) is 0 Å². The van der Waals surface area contributed by atoms with Gasteiger partial charge in [-0.1, -0.05) is 0 Å². The van der Waals surface area contributed by atoms with Crippen LogP contribution in [0.4, 0.5) is 0 Å². The Hall–Kier alpha value is -1.06. The molecule has 0 aromatic carbocycles. The number of aliphatic carboxylic acids is 1. The number of rotatable bonds is 6. The van der Waals surface area contributed by atoms with Crippen LogP contribution in [0, 0.1) is 17.8 Å². The Morgan fingerprint density at radius 3 is 2.62 bits per heavy atom. The van der Waals surface area contributed by atoms with Crippen LogP contribution >= 0.6 is 0 Å². The molecule has 0 aliphatic heterocycles. The van der Waals surface area contributed by atoms with Crippen molar-refractivity contribution >= 4 is 11.9 Å². The molecular formula is C12H19NO3. The van der Waals surface area contributed by atoms with Crippen LogP contribution in [-0.4, -0.2) is 35.5 Å². The number of amides is 1. The number of carboxylic acid groups (broad SMARTS) is 1. The zero-order chi connectivity index (χ0) is 11.7. The Bertz CT molecular complexity index is 299. The second-order valence-corrected chi connectivity index (χ2v) is 5.10. The van der Waals surface area contributed by atoms with Gasteiger partial charge in [0.05, 0.1) is 0 Å². The number of hydrogen-bond acceptors (Lipinski definition) is 2. The van der Waals surface area contributed by atoms with Crippen LogP contribution in [0.2, 0.25) is 0 Å². The normalized spacial score (nSPS) is 27.6. The van der Waals surface area contributed by atoms with Gasteiger partial charge in [0.2, 0.25) is 5.91 Å². The first-order chi connectivity index (χ1) is 7.59. The topological polar surface area (TPSA) is 57.6 Å². The predicted molar refractivity (Wildman–Crippen MR) is 58.8 cm³/mol. The number of hydrogen-bond donors (Lipinski definition) is 1. The first-order valence-corrected chi connectivity index (χ1v) is 6.06. The van der Waals surface area contributed by atoms with Crippen molar-refractivity contribution in [2.24, 2.45) is 17.8 Å². The Labute approximate surface area is 95.6 Å². The third-order valence-corrected chi connectivity index (χ3v) is 3.64. The van der Waals surface area contributed by atoms with Gasteiger partial charge in [0.15, 0.2) is 0 Å². The molecule has 16 heavy (non-hydrogen) atoms. The monoisotopic (exact) mass is 225 g/mol. The number of carbonyl (C=O) groups is 2. The second kappa shape index (κ2) is 4.44. The molecular weight excluding hydrogens is 206 g/mol. The zero-order valence-corrected chi connectivity index (χ0v) is 9.69. The minimum absolute atomic E-state index is 0.147. The molecule has 2 unspecified atom stereocenters. The minimum Gasteiger partial charge on any atom is -0.481 e. The molecule has 0 heterocycles. The molecule has 4 nitrogen and oxygen atoms in total. The summed E-state index contributed by atoms with van der Waals surface area (Å²) < 4.78 is 0. The van der Waals surface area contributed by atoms with Gasteiger partial charge in [0.25, 0.3) is 0 Å². The van der Waals surface area contributed by atoms with Gasteiger partial charge in [0, 0.05) is 25.9 Å². The van der Waals surface area contributed by atoms with Crippen LogP contribution in [0.15, 0.2) is 0 Å². The van der Waals surface area contributed by atoms with Crippen molar-refractivity contribution in [2.45, 2.75) is 32.1 Å². The van der Waals surface area contributed by atoms with Gasteiger partial charge in [-0.15, -0.1) is 0 Å². The molecule has 2 aliphatic rings. The number of carbonyl (C=O) groups excluding carboxylic acids is 1. The van der Waals surface area contributed by atoms with Gasteiger partial charge in [0.1, 0.15) is 0 Å². The van der Waals surface area contributed by atoms with Crippen molar-refractivity contribution in [1.29, 1.82) is 0 Å². The average Bonchev–Trinajstić information content (AvgIpc) is 3.05. The van der Waals surface area contributed by atoms with Crippen LogP contribution in [0.5, 0.6) is 0 Å². The summed E-state index contributed by atoms with van der Waals surface area (Å²) in [6.45, 7) is 0.568. The summed E-state index contributed by atoms with van der Waals surface area (Å²) in [6, 6.07) is 0. The summed E-state index contributed by atoms with van der Waals surface area (Å²) in [5.74, 6) is 1.16. The number of nitrogens with zero attached hydrogens (tertiary/aromatic N) is 1. The van der Waals surface area contributed by atoms with E-state index in [9.17, 15) is 9.59 Å². The second-order valence-electron chi connectivity index (χ2n) is 5.10. The fourth-order valence-electron chi connectivity index (χ4n) is 2.40. The zero-order valence-electron chi connectivity index (χ0n) is 9.69. The molecule has 0 radical (unpaired) electrons. The summed E-state index contributed by atoms with van der Waals surface area (Å²) in [5, 5.41) is 8.51. The van der Waals surface area contributed by atoms with Gasteiger partial charge in [-0.25, -0.2) is 0 Å². The molecule has 0 spiro atoms. The van der Waals surface area contributed by atoms with Gasteiger partial charge in [-0.2, -0.15) is 0 Å². The summed E-state index contributed by atoms with van der Waals surface area (Å²) in [4.78, 5) is 23.9. The average molecular weight is 225 g/mol. The molecule has 2 fully saturated rings. The fourth-order valence-corrected chi connectivity index (χ4v) is 2.40. The first-order valence-electron chi connectivity index (χ1n) is 6.06. The Kier molecular flexibility index (Phi) is 3.17.